The van der Waals surface area contributed by atoms with E-state index < -0.39 is 0 Å². The van der Waals surface area contributed by atoms with Crippen molar-refractivity contribution in [3.05, 3.63) is 40.5 Å². The number of halogens is 1. The van der Waals surface area contributed by atoms with E-state index in [1.165, 1.54) is 12.8 Å². The summed E-state index contributed by atoms with van der Waals surface area (Å²) in [7, 11) is 2.09. The van der Waals surface area contributed by atoms with Crippen LogP contribution >= 0.6 is 11.6 Å². The molecule has 1 saturated heterocycles. The summed E-state index contributed by atoms with van der Waals surface area (Å²) >= 11 is 6.06. The van der Waals surface area contributed by atoms with Gasteiger partial charge < -0.3 is 9.80 Å². The molecule has 0 spiro atoms. The molecule has 150 valence electrons. The van der Waals surface area contributed by atoms with Gasteiger partial charge in [-0.3, -0.25) is 14.5 Å². The van der Waals surface area contributed by atoms with Gasteiger partial charge in [0, 0.05) is 37.2 Å². The van der Waals surface area contributed by atoms with Gasteiger partial charge in [-0.05, 0) is 37.6 Å². The molecule has 0 atom stereocenters. The lowest BCUT2D eigenvalue weighted by Gasteiger charge is -2.35. The van der Waals surface area contributed by atoms with E-state index in [-0.39, 0.29) is 17.9 Å². The Balaban J connectivity index is 1.72. The van der Waals surface area contributed by atoms with Gasteiger partial charge in [0.25, 0.3) is 11.8 Å². The van der Waals surface area contributed by atoms with Crippen molar-refractivity contribution in [1.29, 1.82) is 0 Å². The lowest BCUT2D eigenvalue weighted by Crippen LogP contribution is -2.47. The first kappa shape index (κ1) is 19.5. The number of hydrogen-bond acceptors (Lipinski definition) is 4. The summed E-state index contributed by atoms with van der Waals surface area (Å²) in [5, 5.41) is 0.628. The quantitative estimate of drug-likeness (QED) is 0.575. The van der Waals surface area contributed by atoms with Crippen molar-refractivity contribution in [3.8, 4) is 0 Å². The molecule has 5 nitrogen and oxygen atoms in total. The summed E-state index contributed by atoms with van der Waals surface area (Å²) in [4.78, 5) is 33.0. The number of likely N-dealkylation sites (N-methyl/N-ethyl adjacent to an activating group) is 1. The largest absolute Gasteiger partial charge is 0.364 e. The Morgan fingerprint density at radius 3 is 2.07 bits per heavy atom. The second-order valence-electron chi connectivity index (χ2n) is 8.15. The molecule has 0 radical (unpaired) electrons. The molecule has 4 rings (SSSR count). The van der Waals surface area contributed by atoms with E-state index in [0.29, 0.717) is 16.3 Å². The van der Waals surface area contributed by atoms with Gasteiger partial charge in [-0.1, -0.05) is 49.4 Å². The number of amides is 2. The molecule has 2 fully saturated rings. The Morgan fingerprint density at radius 1 is 0.857 bits per heavy atom. The van der Waals surface area contributed by atoms with Gasteiger partial charge >= 0.3 is 0 Å². The number of piperazine rings is 1. The van der Waals surface area contributed by atoms with Crippen LogP contribution in [0.5, 0.6) is 0 Å². The van der Waals surface area contributed by atoms with E-state index in [0.717, 1.165) is 57.4 Å². The van der Waals surface area contributed by atoms with Crippen molar-refractivity contribution in [3.63, 3.8) is 0 Å². The molecule has 0 unspecified atom stereocenters. The third kappa shape index (κ3) is 3.70. The minimum Gasteiger partial charge on any atom is -0.364 e. The summed E-state index contributed by atoms with van der Waals surface area (Å²) < 4.78 is 0. The third-order valence-electron chi connectivity index (χ3n) is 6.23. The zero-order chi connectivity index (χ0) is 19.7. The summed E-state index contributed by atoms with van der Waals surface area (Å²) in [6.07, 6.45) is 6.39. The average Bonchev–Trinajstić information content (AvgIpc) is 2.85. The van der Waals surface area contributed by atoms with E-state index in [1.807, 2.05) is 12.1 Å². The number of hydrogen-bond donors (Lipinski definition) is 0. The first-order valence-corrected chi connectivity index (χ1v) is 10.8. The highest BCUT2D eigenvalue weighted by molar-refractivity contribution is 6.36. The maximum absolute atomic E-state index is 13.5. The van der Waals surface area contributed by atoms with Crippen molar-refractivity contribution in [1.82, 2.24) is 14.7 Å². The van der Waals surface area contributed by atoms with Gasteiger partial charge in [-0.15, -0.1) is 0 Å². The van der Waals surface area contributed by atoms with Crippen LogP contribution in [0.2, 0.25) is 5.02 Å². The molecule has 6 heteroatoms. The van der Waals surface area contributed by atoms with E-state index in [2.05, 4.69) is 16.8 Å². The van der Waals surface area contributed by atoms with Gasteiger partial charge in [0.05, 0.1) is 5.57 Å². The van der Waals surface area contributed by atoms with E-state index in [9.17, 15) is 9.59 Å². The number of nitrogens with zero attached hydrogens (tertiary/aromatic N) is 3. The lowest BCUT2D eigenvalue weighted by atomic mass is 10.0. The molecule has 3 aliphatic rings. The molecule has 2 aliphatic heterocycles. The first-order chi connectivity index (χ1) is 13.6. The molecule has 0 aromatic heterocycles. The standard InChI is InChI=1S/C22H28ClN3O2/c1-24-12-14-25(15-13-24)20-19(16-8-10-17(23)11-9-16)21(27)26(22(20)28)18-6-4-2-3-5-7-18/h8-11,18H,2-7,12-15H2,1H3. The zero-order valence-corrected chi connectivity index (χ0v) is 17.2. The minimum absolute atomic E-state index is 0.0229. The van der Waals surface area contributed by atoms with Crippen LogP contribution in [-0.4, -0.2) is 65.8 Å². The van der Waals surface area contributed by atoms with Gasteiger partial charge in [0.2, 0.25) is 0 Å². The van der Waals surface area contributed by atoms with Crippen LogP contribution in [0.15, 0.2) is 30.0 Å². The molecule has 1 saturated carbocycles. The molecular weight excluding hydrogens is 374 g/mol. The van der Waals surface area contributed by atoms with Crippen LogP contribution in [0, 0.1) is 0 Å². The fraction of sp³-hybridized carbons (Fsp3) is 0.545. The highest BCUT2D eigenvalue weighted by Crippen LogP contribution is 2.36. The van der Waals surface area contributed by atoms with Crippen molar-refractivity contribution >= 4 is 29.0 Å². The number of rotatable bonds is 3. The lowest BCUT2D eigenvalue weighted by molar-refractivity contribution is -0.140. The summed E-state index contributed by atoms with van der Waals surface area (Å²) in [5.41, 5.74) is 1.92. The smallest absolute Gasteiger partial charge is 0.278 e. The molecule has 1 aliphatic carbocycles. The summed E-state index contributed by atoms with van der Waals surface area (Å²) in [5.74, 6) is -0.237. The molecule has 1 aromatic carbocycles. The fourth-order valence-corrected chi connectivity index (χ4v) is 4.71. The molecule has 0 N–H and O–H groups in total. The Hall–Kier alpha value is -1.85. The molecular formula is C22H28ClN3O2. The molecule has 0 bridgehead atoms. The second-order valence-corrected chi connectivity index (χ2v) is 8.58. The van der Waals surface area contributed by atoms with Crippen molar-refractivity contribution < 1.29 is 9.59 Å². The summed E-state index contributed by atoms with van der Waals surface area (Å²) in [6, 6.07) is 7.31. The molecule has 2 heterocycles. The highest BCUT2D eigenvalue weighted by atomic mass is 35.5. The van der Waals surface area contributed by atoms with Gasteiger partial charge in [-0.2, -0.15) is 0 Å². The number of benzene rings is 1. The topological polar surface area (TPSA) is 43.9 Å². The maximum Gasteiger partial charge on any atom is 0.278 e. The Labute approximate surface area is 171 Å². The van der Waals surface area contributed by atoms with Crippen molar-refractivity contribution in [2.24, 2.45) is 0 Å². The molecule has 2 amide bonds. The van der Waals surface area contributed by atoms with Crippen LogP contribution in [0.3, 0.4) is 0 Å². The van der Waals surface area contributed by atoms with Gasteiger partial charge in [-0.25, -0.2) is 0 Å². The van der Waals surface area contributed by atoms with Crippen LogP contribution in [0.4, 0.5) is 0 Å². The number of carbonyl (C=O) groups is 2. The van der Waals surface area contributed by atoms with Crippen LogP contribution in [0.25, 0.3) is 5.57 Å². The predicted octanol–water partition coefficient (Wildman–Crippen LogP) is 3.39. The normalized spacial score (nSPS) is 22.9. The summed E-state index contributed by atoms with van der Waals surface area (Å²) in [6.45, 7) is 3.31. The molecule has 1 aromatic rings. The van der Waals surface area contributed by atoms with Gasteiger partial charge in [0.15, 0.2) is 0 Å². The average molecular weight is 402 g/mol. The highest BCUT2D eigenvalue weighted by Gasteiger charge is 2.44. The Morgan fingerprint density at radius 2 is 1.46 bits per heavy atom. The molecule has 28 heavy (non-hydrogen) atoms. The monoisotopic (exact) mass is 401 g/mol. The Bertz CT molecular complexity index is 773. The fourth-order valence-electron chi connectivity index (χ4n) is 4.58. The SMILES string of the molecule is CN1CCN(C2=C(c3ccc(Cl)cc3)C(=O)N(C3CCCCCC3)C2=O)CC1. The first-order valence-electron chi connectivity index (χ1n) is 10.4. The van der Waals surface area contributed by atoms with Gasteiger partial charge in [0.1, 0.15) is 5.70 Å². The van der Waals surface area contributed by atoms with E-state index in [4.69, 9.17) is 11.6 Å². The van der Waals surface area contributed by atoms with Crippen LogP contribution in [-0.2, 0) is 9.59 Å². The second kappa shape index (κ2) is 8.26. The van der Waals surface area contributed by atoms with E-state index >= 15 is 0 Å². The van der Waals surface area contributed by atoms with Crippen molar-refractivity contribution in [2.45, 2.75) is 44.6 Å². The number of imide groups is 1. The zero-order valence-electron chi connectivity index (χ0n) is 16.5. The maximum atomic E-state index is 13.5. The van der Waals surface area contributed by atoms with Crippen LogP contribution in [0.1, 0.15) is 44.1 Å². The predicted molar refractivity (Wildman–Crippen MR) is 111 cm³/mol. The Kier molecular flexibility index (Phi) is 5.74. The third-order valence-corrected chi connectivity index (χ3v) is 6.49. The minimum atomic E-state index is -0.131. The number of carbonyl (C=O) groups excluding carboxylic acids is 2. The van der Waals surface area contributed by atoms with Crippen LogP contribution < -0.4 is 0 Å². The van der Waals surface area contributed by atoms with Crippen molar-refractivity contribution in [2.75, 3.05) is 33.2 Å². The van der Waals surface area contributed by atoms with E-state index in [1.54, 1.807) is 17.0 Å².